The Labute approximate surface area is 258 Å². The van der Waals surface area contributed by atoms with Crippen LogP contribution in [0.25, 0.3) is 11.2 Å². The highest BCUT2D eigenvalue weighted by Gasteiger charge is 2.57. The predicted octanol–water partition coefficient (Wildman–Crippen LogP) is 3.35. The molecule has 3 aromatic rings. The van der Waals surface area contributed by atoms with Crippen LogP contribution in [0.15, 0.2) is 36.7 Å². The number of halogens is 2. The number of aliphatic hydroxyl groups is 1. The van der Waals surface area contributed by atoms with Crippen LogP contribution in [-0.2, 0) is 23.4 Å². The number of esters is 1. The van der Waals surface area contributed by atoms with E-state index >= 15 is 4.39 Å². The summed E-state index contributed by atoms with van der Waals surface area (Å²) in [6.07, 6.45) is -2.42. The number of anilines is 2. The number of nitrogen functional groups attached to an aromatic ring is 1. The number of ether oxygens (including phenoxy) is 2. The molecule has 1 saturated carbocycles. The lowest BCUT2D eigenvalue weighted by Gasteiger charge is -2.31. The molecule has 0 radical (unpaired) electrons. The first-order chi connectivity index (χ1) is 20.9. The molecule has 4 N–H and O–H groups in total. The predicted molar refractivity (Wildman–Crippen MR) is 160 cm³/mol. The number of hydrogen-bond donors (Lipinski definition) is 3. The van der Waals surface area contributed by atoms with Crippen molar-refractivity contribution in [3.05, 3.63) is 36.7 Å². The molecule has 0 amide bonds. The Morgan fingerprint density at radius 2 is 2.02 bits per heavy atom. The van der Waals surface area contributed by atoms with Crippen molar-refractivity contribution in [1.82, 2.24) is 24.6 Å². The van der Waals surface area contributed by atoms with Crippen molar-refractivity contribution in [2.45, 2.75) is 75.9 Å². The van der Waals surface area contributed by atoms with Crippen molar-refractivity contribution >= 4 is 48.2 Å². The fraction of sp³-hybridized carbons (Fsp3) is 0.556. The SMILES string of the molecule is CC(C)OC(=O)[C@H](C)N[P@](=O)(OC[C@@]1(CCl)O[C@@H](n2cnc3c(N(C)C4CC4)nc(N)nc32)[C@H](F)[C@@H]1O)Oc1ccccc1. The van der Waals surface area contributed by atoms with Crippen molar-refractivity contribution in [3.63, 3.8) is 0 Å². The third-order valence-corrected chi connectivity index (χ3v) is 9.40. The summed E-state index contributed by atoms with van der Waals surface area (Å²) in [7, 11) is -2.51. The molecule has 2 fully saturated rings. The van der Waals surface area contributed by atoms with Crippen LogP contribution in [0.4, 0.5) is 16.2 Å². The van der Waals surface area contributed by atoms with Gasteiger partial charge in [-0.15, -0.1) is 11.6 Å². The smallest absolute Gasteiger partial charge is 0.459 e. The average molecular weight is 656 g/mol. The third-order valence-electron chi connectivity index (χ3n) is 7.32. The van der Waals surface area contributed by atoms with Crippen molar-refractivity contribution in [2.24, 2.45) is 0 Å². The van der Waals surface area contributed by atoms with Crippen LogP contribution in [0.3, 0.4) is 0 Å². The minimum atomic E-state index is -4.38. The minimum Gasteiger partial charge on any atom is -0.462 e. The summed E-state index contributed by atoms with van der Waals surface area (Å²) >= 11 is 6.27. The maximum atomic E-state index is 15.9. The number of para-hydroxylation sites is 1. The van der Waals surface area contributed by atoms with E-state index in [0.717, 1.165) is 12.8 Å². The lowest BCUT2D eigenvalue weighted by atomic mass is 9.99. The van der Waals surface area contributed by atoms with Gasteiger partial charge in [0.25, 0.3) is 0 Å². The molecule has 6 atom stereocenters. The lowest BCUT2D eigenvalue weighted by Crippen LogP contribution is -2.48. The molecule has 44 heavy (non-hydrogen) atoms. The monoisotopic (exact) mass is 655 g/mol. The van der Waals surface area contributed by atoms with E-state index in [1.807, 2.05) is 11.9 Å². The largest absolute Gasteiger partial charge is 0.462 e. The van der Waals surface area contributed by atoms with E-state index in [9.17, 15) is 14.5 Å². The van der Waals surface area contributed by atoms with Crippen molar-refractivity contribution in [2.75, 3.05) is 30.2 Å². The van der Waals surface area contributed by atoms with Gasteiger partial charge in [-0.3, -0.25) is 13.9 Å². The molecule has 2 aromatic heterocycles. The second-order valence-electron chi connectivity index (χ2n) is 11.2. The number of imidazole rings is 1. The second-order valence-corrected chi connectivity index (χ2v) is 13.1. The van der Waals surface area contributed by atoms with Gasteiger partial charge in [0.15, 0.2) is 29.4 Å². The molecule has 1 aliphatic heterocycles. The van der Waals surface area contributed by atoms with Gasteiger partial charge in [0.1, 0.15) is 23.5 Å². The fourth-order valence-corrected chi connectivity index (χ4v) is 6.66. The van der Waals surface area contributed by atoms with Gasteiger partial charge >= 0.3 is 13.7 Å². The molecule has 0 unspecified atom stereocenters. The first kappa shape index (κ1) is 32.3. The highest BCUT2D eigenvalue weighted by atomic mass is 35.5. The summed E-state index contributed by atoms with van der Waals surface area (Å²) in [5.74, 6) is -0.548. The summed E-state index contributed by atoms with van der Waals surface area (Å²) in [6.45, 7) is 4.08. The number of alkyl halides is 2. The van der Waals surface area contributed by atoms with Crippen LogP contribution < -0.4 is 20.2 Å². The van der Waals surface area contributed by atoms with Crippen LogP contribution in [0.1, 0.15) is 39.8 Å². The molecule has 17 heteroatoms. The summed E-state index contributed by atoms with van der Waals surface area (Å²) in [4.78, 5) is 27.4. The number of hydrogen-bond acceptors (Lipinski definition) is 12. The van der Waals surface area contributed by atoms with Crippen LogP contribution >= 0.6 is 19.3 Å². The van der Waals surface area contributed by atoms with Crippen LogP contribution in [0.5, 0.6) is 5.75 Å². The van der Waals surface area contributed by atoms with Gasteiger partial charge in [0, 0.05) is 13.1 Å². The maximum absolute atomic E-state index is 15.9. The second kappa shape index (κ2) is 12.7. The molecule has 1 aliphatic carbocycles. The quantitative estimate of drug-likeness (QED) is 0.139. The Balaban J connectivity index is 1.41. The standard InChI is InChI=1S/C27H36ClFN7O7P/c1-15(2)41-25(38)16(3)34-44(39,43-18-8-6-5-7-9-18)40-13-27(12-28)21(37)19(29)24(42-27)36-14-31-20-22(35(4)17-10-11-17)32-26(30)33-23(20)36/h5-9,14-17,19,21,24,37H,10-13H2,1-4H3,(H,34,39)(H2,30,32,33)/t16-,19+,21-,24+,27+,44-/m0/s1. The summed E-state index contributed by atoms with van der Waals surface area (Å²) in [5, 5.41) is 13.6. The number of nitrogens with zero attached hydrogens (tertiary/aromatic N) is 5. The molecule has 1 aromatic carbocycles. The lowest BCUT2D eigenvalue weighted by molar-refractivity contribution is -0.149. The summed E-state index contributed by atoms with van der Waals surface area (Å²) in [5.41, 5.74) is 4.68. The fourth-order valence-electron chi connectivity index (χ4n) is 4.81. The van der Waals surface area contributed by atoms with Crippen LogP contribution in [0.2, 0.25) is 0 Å². The zero-order chi connectivity index (χ0) is 31.8. The average Bonchev–Trinajstić information content (AvgIpc) is 3.71. The van der Waals surface area contributed by atoms with Crippen LogP contribution in [0, 0.1) is 0 Å². The molecular formula is C27H36ClFN7O7P. The number of carbonyl (C=O) groups excluding carboxylic acids is 1. The Morgan fingerprint density at radius 3 is 2.66 bits per heavy atom. The van der Waals surface area contributed by atoms with Crippen molar-refractivity contribution in [1.29, 1.82) is 0 Å². The van der Waals surface area contributed by atoms with E-state index in [1.165, 1.54) is 30.0 Å². The molecule has 3 heterocycles. The Hall–Kier alpha value is -3.07. The summed E-state index contributed by atoms with van der Waals surface area (Å²) in [6, 6.07) is 7.26. The van der Waals surface area contributed by atoms with E-state index < -0.39 is 62.5 Å². The maximum Gasteiger partial charge on any atom is 0.459 e. The van der Waals surface area contributed by atoms with Gasteiger partial charge in [-0.05, 0) is 45.7 Å². The topological polar surface area (TPSA) is 176 Å². The van der Waals surface area contributed by atoms with Gasteiger partial charge in [-0.2, -0.15) is 15.1 Å². The number of aromatic nitrogens is 4. The zero-order valence-electron chi connectivity index (χ0n) is 24.7. The Morgan fingerprint density at radius 1 is 1.32 bits per heavy atom. The van der Waals surface area contributed by atoms with Gasteiger partial charge < -0.3 is 29.7 Å². The van der Waals surface area contributed by atoms with Gasteiger partial charge in [0.05, 0.1) is 24.9 Å². The number of benzene rings is 1. The number of carbonyl (C=O) groups is 1. The van der Waals surface area contributed by atoms with E-state index in [0.29, 0.717) is 11.3 Å². The van der Waals surface area contributed by atoms with Crippen LogP contribution in [-0.4, -0.2) is 86.2 Å². The van der Waals surface area contributed by atoms with Crippen molar-refractivity contribution < 1.29 is 37.4 Å². The molecule has 240 valence electrons. The van der Waals surface area contributed by atoms with Crippen molar-refractivity contribution in [3.8, 4) is 5.75 Å². The molecule has 0 bridgehead atoms. The van der Waals surface area contributed by atoms with E-state index in [-0.39, 0.29) is 23.4 Å². The number of nitrogens with two attached hydrogens (primary N) is 1. The van der Waals surface area contributed by atoms with Gasteiger partial charge in [0.2, 0.25) is 5.95 Å². The molecule has 2 aliphatic rings. The number of rotatable bonds is 13. The summed E-state index contributed by atoms with van der Waals surface area (Å²) < 4.78 is 53.8. The normalized spacial score (nSPS) is 25.6. The van der Waals surface area contributed by atoms with E-state index in [1.54, 1.807) is 32.0 Å². The molecular weight excluding hydrogens is 620 g/mol. The Kier molecular flexibility index (Phi) is 9.36. The first-order valence-corrected chi connectivity index (χ1v) is 16.2. The highest BCUT2D eigenvalue weighted by Crippen LogP contribution is 2.49. The highest BCUT2D eigenvalue weighted by molar-refractivity contribution is 7.52. The molecule has 14 nitrogen and oxygen atoms in total. The molecule has 5 rings (SSSR count). The van der Waals surface area contributed by atoms with Gasteiger partial charge in [-0.25, -0.2) is 13.9 Å². The third kappa shape index (κ3) is 6.63. The number of aliphatic hydroxyl groups excluding tert-OH is 1. The zero-order valence-corrected chi connectivity index (χ0v) is 26.3. The Bertz CT molecular complexity index is 1530. The van der Waals surface area contributed by atoms with Gasteiger partial charge in [-0.1, -0.05) is 18.2 Å². The number of nitrogens with one attached hydrogen (secondary N) is 1. The minimum absolute atomic E-state index is 0.0437. The molecule has 0 spiro atoms. The van der Waals surface area contributed by atoms with E-state index in [4.69, 9.17) is 35.9 Å². The molecule has 1 saturated heterocycles. The first-order valence-electron chi connectivity index (χ1n) is 14.1. The number of fused-ring (bicyclic) bond motifs is 1. The van der Waals surface area contributed by atoms with E-state index in [2.05, 4.69) is 20.0 Å².